The van der Waals surface area contributed by atoms with Gasteiger partial charge in [0.15, 0.2) is 5.11 Å². The maximum Gasteiger partial charge on any atom is 0.273 e. The fraction of sp³-hybridized carbons (Fsp3) is 0. The van der Waals surface area contributed by atoms with Gasteiger partial charge in [0.25, 0.3) is 5.91 Å². The summed E-state index contributed by atoms with van der Waals surface area (Å²) in [7, 11) is 0. The van der Waals surface area contributed by atoms with E-state index in [1.54, 1.807) is 6.08 Å². The van der Waals surface area contributed by atoms with Gasteiger partial charge in [0.1, 0.15) is 5.70 Å². The molecule has 1 aromatic carbocycles. The van der Waals surface area contributed by atoms with Gasteiger partial charge in [0.05, 0.1) is 0 Å². The molecule has 0 radical (unpaired) electrons. The second kappa shape index (κ2) is 4.12. The fourth-order valence-electron chi connectivity index (χ4n) is 1.25. The standard InChI is InChI=1S/C10H7BrN2OS/c11-7-3-1-2-6(4-7)5-8-9(14)13-10(15)12-8/h1-5H,(H2,12,13,14,15)/b8-5-. The third-order valence-electron chi connectivity index (χ3n) is 1.88. The van der Waals surface area contributed by atoms with Gasteiger partial charge in [-0.2, -0.15) is 0 Å². The number of thiocarbonyl (C=S) groups is 1. The summed E-state index contributed by atoms with van der Waals surface area (Å²) in [5.41, 5.74) is 1.41. The lowest BCUT2D eigenvalue weighted by atomic mass is 10.2. The van der Waals surface area contributed by atoms with Crippen molar-refractivity contribution in [2.45, 2.75) is 0 Å². The minimum absolute atomic E-state index is 0.194. The lowest BCUT2D eigenvalue weighted by Gasteiger charge is -1.97. The van der Waals surface area contributed by atoms with E-state index >= 15 is 0 Å². The molecular weight excluding hydrogens is 276 g/mol. The van der Waals surface area contributed by atoms with Crippen molar-refractivity contribution in [3.8, 4) is 0 Å². The number of hydrogen-bond donors (Lipinski definition) is 2. The average Bonchev–Trinajstić information content (AvgIpc) is 2.45. The number of amides is 1. The molecule has 2 rings (SSSR count). The van der Waals surface area contributed by atoms with Gasteiger partial charge in [-0.25, -0.2) is 0 Å². The van der Waals surface area contributed by atoms with Crippen molar-refractivity contribution in [1.82, 2.24) is 10.6 Å². The van der Waals surface area contributed by atoms with Crippen LogP contribution in [0.1, 0.15) is 5.56 Å². The second-order valence-electron chi connectivity index (χ2n) is 3.02. The molecule has 76 valence electrons. The summed E-state index contributed by atoms with van der Waals surface area (Å²) in [4.78, 5) is 11.3. The quantitative estimate of drug-likeness (QED) is 0.610. The van der Waals surface area contributed by atoms with Crippen LogP contribution in [0.25, 0.3) is 6.08 Å². The molecule has 0 unspecified atom stereocenters. The topological polar surface area (TPSA) is 41.1 Å². The number of nitrogens with one attached hydrogen (secondary N) is 2. The normalized spacial score (nSPS) is 17.8. The van der Waals surface area contributed by atoms with E-state index < -0.39 is 0 Å². The number of carbonyl (C=O) groups excluding carboxylic acids is 1. The number of carbonyl (C=O) groups is 1. The molecular formula is C10H7BrN2OS. The highest BCUT2D eigenvalue weighted by molar-refractivity contribution is 9.10. The number of hydrogen-bond acceptors (Lipinski definition) is 2. The summed E-state index contributed by atoms with van der Waals surface area (Å²) in [6, 6.07) is 7.66. The van der Waals surface area contributed by atoms with Gasteiger partial charge >= 0.3 is 0 Å². The molecule has 0 spiro atoms. The Labute approximate surface area is 101 Å². The molecule has 0 aromatic heterocycles. The lowest BCUT2D eigenvalue weighted by Crippen LogP contribution is -2.21. The molecule has 0 bridgehead atoms. The molecule has 2 N–H and O–H groups in total. The Kier molecular flexibility index (Phi) is 2.83. The van der Waals surface area contributed by atoms with Crippen molar-refractivity contribution in [3.63, 3.8) is 0 Å². The van der Waals surface area contributed by atoms with Crippen LogP contribution in [0, 0.1) is 0 Å². The molecule has 0 saturated carbocycles. The van der Waals surface area contributed by atoms with Crippen LogP contribution in [-0.2, 0) is 4.79 Å². The van der Waals surface area contributed by atoms with Gasteiger partial charge < -0.3 is 5.32 Å². The minimum Gasteiger partial charge on any atom is -0.328 e. The average molecular weight is 283 g/mol. The second-order valence-corrected chi connectivity index (χ2v) is 4.35. The molecule has 1 fully saturated rings. The zero-order chi connectivity index (χ0) is 10.8. The molecule has 1 saturated heterocycles. The first-order valence-electron chi connectivity index (χ1n) is 4.25. The first-order chi connectivity index (χ1) is 7.15. The highest BCUT2D eigenvalue weighted by atomic mass is 79.9. The minimum atomic E-state index is -0.194. The summed E-state index contributed by atoms with van der Waals surface area (Å²) < 4.78 is 0.970. The van der Waals surface area contributed by atoms with E-state index in [1.807, 2.05) is 24.3 Å². The maximum atomic E-state index is 11.3. The Bertz CT molecular complexity index is 470. The molecule has 1 amide bonds. The van der Waals surface area contributed by atoms with E-state index in [1.165, 1.54) is 0 Å². The Balaban J connectivity index is 2.31. The van der Waals surface area contributed by atoms with Crippen molar-refractivity contribution in [2.24, 2.45) is 0 Å². The van der Waals surface area contributed by atoms with Gasteiger partial charge in [-0.3, -0.25) is 10.1 Å². The molecule has 1 heterocycles. The van der Waals surface area contributed by atoms with Crippen LogP contribution >= 0.6 is 28.1 Å². The predicted octanol–water partition coefficient (Wildman–Crippen LogP) is 1.79. The summed E-state index contributed by atoms with van der Waals surface area (Å²) >= 11 is 8.18. The molecule has 1 aliphatic heterocycles. The van der Waals surface area contributed by atoms with Crippen molar-refractivity contribution in [2.75, 3.05) is 0 Å². The molecule has 3 nitrogen and oxygen atoms in total. The van der Waals surface area contributed by atoms with Crippen LogP contribution in [0.5, 0.6) is 0 Å². The van der Waals surface area contributed by atoms with Crippen LogP contribution in [-0.4, -0.2) is 11.0 Å². The maximum absolute atomic E-state index is 11.3. The predicted molar refractivity (Wildman–Crippen MR) is 66.0 cm³/mol. The summed E-state index contributed by atoms with van der Waals surface area (Å²) in [5, 5.41) is 5.64. The molecule has 0 atom stereocenters. The summed E-state index contributed by atoms with van der Waals surface area (Å²) in [6.07, 6.45) is 1.75. The first kappa shape index (κ1) is 10.3. The van der Waals surface area contributed by atoms with Crippen molar-refractivity contribution in [3.05, 3.63) is 40.0 Å². The zero-order valence-corrected chi connectivity index (χ0v) is 9.98. The largest absolute Gasteiger partial charge is 0.328 e. The van der Waals surface area contributed by atoms with Crippen LogP contribution in [0.3, 0.4) is 0 Å². The Hall–Kier alpha value is -1.20. The van der Waals surface area contributed by atoms with E-state index in [0.717, 1.165) is 10.0 Å². The smallest absolute Gasteiger partial charge is 0.273 e. The van der Waals surface area contributed by atoms with E-state index in [0.29, 0.717) is 10.8 Å². The lowest BCUT2D eigenvalue weighted by molar-refractivity contribution is -0.115. The summed E-state index contributed by atoms with van der Waals surface area (Å²) in [6.45, 7) is 0. The van der Waals surface area contributed by atoms with Crippen molar-refractivity contribution in [1.29, 1.82) is 0 Å². The first-order valence-corrected chi connectivity index (χ1v) is 5.45. The van der Waals surface area contributed by atoms with Crippen LogP contribution < -0.4 is 10.6 Å². The number of rotatable bonds is 1. The molecule has 15 heavy (non-hydrogen) atoms. The van der Waals surface area contributed by atoms with Gasteiger partial charge in [0.2, 0.25) is 0 Å². The summed E-state index contributed by atoms with van der Waals surface area (Å²) in [5.74, 6) is -0.194. The van der Waals surface area contributed by atoms with Gasteiger partial charge in [-0.05, 0) is 36.0 Å². The molecule has 1 aliphatic rings. The Morgan fingerprint density at radius 3 is 2.73 bits per heavy atom. The van der Waals surface area contributed by atoms with Crippen molar-refractivity contribution < 1.29 is 4.79 Å². The van der Waals surface area contributed by atoms with Crippen LogP contribution in [0.4, 0.5) is 0 Å². The van der Waals surface area contributed by atoms with E-state index in [4.69, 9.17) is 12.2 Å². The molecule has 5 heteroatoms. The van der Waals surface area contributed by atoms with Crippen molar-refractivity contribution >= 4 is 45.2 Å². The Morgan fingerprint density at radius 2 is 2.13 bits per heavy atom. The van der Waals surface area contributed by atoms with E-state index in [9.17, 15) is 4.79 Å². The highest BCUT2D eigenvalue weighted by Gasteiger charge is 2.19. The third-order valence-corrected chi connectivity index (χ3v) is 2.58. The van der Waals surface area contributed by atoms with Crippen LogP contribution in [0.2, 0.25) is 0 Å². The monoisotopic (exact) mass is 282 g/mol. The van der Waals surface area contributed by atoms with Crippen LogP contribution in [0.15, 0.2) is 34.4 Å². The van der Waals surface area contributed by atoms with Gasteiger partial charge in [0, 0.05) is 4.47 Å². The van der Waals surface area contributed by atoms with Gasteiger partial charge in [-0.1, -0.05) is 28.1 Å². The van der Waals surface area contributed by atoms with E-state index in [-0.39, 0.29) is 5.91 Å². The molecule has 0 aliphatic carbocycles. The SMILES string of the molecule is O=C1NC(=S)N/C1=C\c1cccc(Br)c1. The third kappa shape index (κ3) is 2.43. The van der Waals surface area contributed by atoms with Gasteiger partial charge in [-0.15, -0.1) is 0 Å². The van der Waals surface area contributed by atoms with E-state index in [2.05, 4.69) is 26.6 Å². The number of benzene rings is 1. The fourth-order valence-corrected chi connectivity index (χ4v) is 1.87. The number of halogens is 1. The highest BCUT2D eigenvalue weighted by Crippen LogP contribution is 2.14. The molecule has 1 aromatic rings. The zero-order valence-electron chi connectivity index (χ0n) is 7.58. The Morgan fingerprint density at radius 1 is 1.33 bits per heavy atom.